The van der Waals surface area contributed by atoms with Gasteiger partial charge in [0.25, 0.3) is 0 Å². The molecule has 0 aromatic heterocycles. The fraction of sp³-hybridized carbons (Fsp3) is 0.429. The topological polar surface area (TPSA) is 75.4 Å². The second kappa shape index (κ2) is 6.35. The van der Waals surface area contributed by atoms with Gasteiger partial charge in [-0.2, -0.15) is 13.2 Å². The third kappa shape index (κ3) is 3.97. The van der Waals surface area contributed by atoms with Crippen LogP contribution < -0.4 is 11.1 Å². The number of primary amides is 1. The van der Waals surface area contributed by atoms with Gasteiger partial charge in [0.15, 0.2) is 0 Å². The average molecular weight is 315 g/mol. The molecule has 22 heavy (non-hydrogen) atoms. The molecule has 1 atom stereocenters. The number of carbonyl (C=O) groups excluding carboxylic acids is 2. The van der Waals surface area contributed by atoms with Crippen LogP contribution in [0.5, 0.6) is 0 Å². The predicted molar refractivity (Wildman–Crippen MR) is 72.5 cm³/mol. The molecular formula is C14H16F3N3O2. The largest absolute Gasteiger partial charge is 0.416 e. The number of halogens is 3. The molecule has 120 valence electrons. The van der Waals surface area contributed by atoms with Crippen LogP contribution in [0.25, 0.3) is 0 Å². The van der Waals surface area contributed by atoms with E-state index >= 15 is 0 Å². The Labute approximate surface area is 125 Å². The molecule has 2 amide bonds. The molecule has 8 heteroatoms. The van der Waals surface area contributed by atoms with E-state index in [1.54, 1.807) is 11.0 Å². The average Bonchev–Trinajstić information content (AvgIpc) is 2.42. The van der Waals surface area contributed by atoms with Crippen molar-refractivity contribution in [3.05, 3.63) is 35.4 Å². The van der Waals surface area contributed by atoms with Gasteiger partial charge < -0.3 is 11.1 Å². The van der Waals surface area contributed by atoms with Gasteiger partial charge in [0.2, 0.25) is 11.8 Å². The summed E-state index contributed by atoms with van der Waals surface area (Å²) in [6, 6.07) is 4.18. The molecule has 0 saturated carbocycles. The van der Waals surface area contributed by atoms with Crippen molar-refractivity contribution in [2.75, 3.05) is 13.1 Å². The fourth-order valence-electron chi connectivity index (χ4n) is 2.44. The molecule has 0 unspecified atom stereocenters. The number of amides is 2. The highest BCUT2D eigenvalue weighted by Gasteiger charge is 2.33. The third-order valence-electron chi connectivity index (χ3n) is 3.48. The molecule has 0 bridgehead atoms. The summed E-state index contributed by atoms with van der Waals surface area (Å²) in [5.41, 5.74) is 4.82. The van der Waals surface area contributed by atoms with Gasteiger partial charge in [0.1, 0.15) is 0 Å². The van der Waals surface area contributed by atoms with Crippen LogP contribution >= 0.6 is 0 Å². The van der Waals surface area contributed by atoms with Gasteiger partial charge in [-0.1, -0.05) is 18.2 Å². The number of benzene rings is 1. The second-order valence-electron chi connectivity index (χ2n) is 5.15. The van der Waals surface area contributed by atoms with E-state index in [9.17, 15) is 22.8 Å². The molecule has 2 rings (SSSR count). The van der Waals surface area contributed by atoms with E-state index in [0.717, 1.165) is 12.1 Å². The zero-order valence-electron chi connectivity index (χ0n) is 11.7. The maximum atomic E-state index is 12.7. The van der Waals surface area contributed by atoms with Crippen molar-refractivity contribution in [2.45, 2.75) is 25.2 Å². The number of hydrogen-bond acceptors (Lipinski definition) is 3. The van der Waals surface area contributed by atoms with Crippen molar-refractivity contribution in [1.29, 1.82) is 0 Å². The molecule has 0 radical (unpaired) electrons. The van der Waals surface area contributed by atoms with Crippen LogP contribution in [0.1, 0.15) is 17.5 Å². The minimum Gasteiger partial charge on any atom is -0.370 e. The van der Waals surface area contributed by atoms with Crippen LogP contribution in [0.2, 0.25) is 0 Å². The summed E-state index contributed by atoms with van der Waals surface area (Å²) in [7, 11) is 0. The van der Waals surface area contributed by atoms with Crippen LogP contribution in [0.3, 0.4) is 0 Å². The van der Waals surface area contributed by atoms with Gasteiger partial charge in [-0.3, -0.25) is 14.5 Å². The standard InChI is InChI=1S/C14H16F3N3O2/c15-14(16,17)10-3-1-2-9(6-10)8-20-5-4-19-13(22)11(20)7-12(18)21/h1-3,6,11H,4-5,7-8H2,(H2,18,21)(H,19,22)/t11-/m1/s1. The Balaban J connectivity index is 2.17. The van der Waals surface area contributed by atoms with E-state index in [2.05, 4.69) is 5.32 Å². The molecule has 1 aliphatic heterocycles. The normalized spacial score (nSPS) is 19.8. The Kier molecular flexibility index (Phi) is 4.70. The molecule has 3 N–H and O–H groups in total. The van der Waals surface area contributed by atoms with Gasteiger partial charge >= 0.3 is 6.18 Å². The summed E-state index contributed by atoms with van der Waals surface area (Å²) in [6.45, 7) is 0.974. The fourth-order valence-corrected chi connectivity index (χ4v) is 2.44. The number of rotatable bonds is 4. The lowest BCUT2D eigenvalue weighted by atomic mass is 10.1. The maximum Gasteiger partial charge on any atom is 0.416 e. The van der Waals surface area contributed by atoms with Crippen LogP contribution in [0, 0.1) is 0 Å². The van der Waals surface area contributed by atoms with E-state index in [1.165, 1.54) is 6.07 Å². The molecule has 1 heterocycles. The molecular weight excluding hydrogens is 299 g/mol. The smallest absolute Gasteiger partial charge is 0.370 e. The maximum absolute atomic E-state index is 12.7. The number of nitrogens with zero attached hydrogens (tertiary/aromatic N) is 1. The molecule has 0 aliphatic carbocycles. The van der Waals surface area contributed by atoms with E-state index in [0.29, 0.717) is 18.7 Å². The Morgan fingerprint density at radius 3 is 2.77 bits per heavy atom. The number of nitrogens with two attached hydrogens (primary N) is 1. The zero-order valence-corrected chi connectivity index (χ0v) is 11.7. The first-order valence-electron chi connectivity index (χ1n) is 6.73. The molecule has 1 aromatic carbocycles. The predicted octanol–water partition coefficient (Wildman–Crippen LogP) is 0.881. The number of piperazine rings is 1. The van der Waals surface area contributed by atoms with Gasteiger partial charge in [0.05, 0.1) is 18.0 Å². The summed E-state index contributed by atoms with van der Waals surface area (Å²) in [5.74, 6) is -0.965. The summed E-state index contributed by atoms with van der Waals surface area (Å²) < 4.78 is 38.2. The molecule has 0 spiro atoms. The van der Waals surface area contributed by atoms with Crippen molar-refractivity contribution in [3.63, 3.8) is 0 Å². The third-order valence-corrected chi connectivity index (χ3v) is 3.48. The minimum atomic E-state index is -4.41. The van der Waals surface area contributed by atoms with Crippen molar-refractivity contribution < 1.29 is 22.8 Å². The number of alkyl halides is 3. The second-order valence-corrected chi connectivity index (χ2v) is 5.15. The molecule has 1 fully saturated rings. The monoisotopic (exact) mass is 315 g/mol. The van der Waals surface area contributed by atoms with E-state index in [1.807, 2.05) is 0 Å². The van der Waals surface area contributed by atoms with Gasteiger partial charge in [-0.25, -0.2) is 0 Å². The first-order chi connectivity index (χ1) is 10.3. The zero-order chi connectivity index (χ0) is 16.3. The molecule has 1 aromatic rings. The summed E-state index contributed by atoms with van der Waals surface area (Å²) in [6.07, 6.45) is -4.58. The minimum absolute atomic E-state index is 0.148. The summed E-state index contributed by atoms with van der Waals surface area (Å²) in [5, 5.41) is 2.62. The Morgan fingerprint density at radius 2 is 2.14 bits per heavy atom. The van der Waals surface area contributed by atoms with Crippen molar-refractivity contribution in [1.82, 2.24) is 10.2 Å². The first kappa shape index (κ1) is 16.3. The molecule has 1 saturated heterocycles. The number of hydrogen-bond donors (Lipinski definition) is 2. The van der Waals surface area contributed by atoms with Crippen LogP contribution in [-0.4, -0.2) is 35.8 Å². The van der Waals surface area contributed by atoms with Crippen molar-refractivity contribution in [2.24, 2.45) is 5.73 Å². The highest BCUT2D eigenvalue weighted by molar-refractivity contribution is 5.88. The lowest BCUT2D eigenvalue weighted by Crippen LogP contribution is -2.55. The Bertz CT molecular complexity index is 575. The highest BCUT2D eigenvalue weighted by Crippen LogP contribution is 2.30. The summed E-state index contributed by atoms with van der Waals surface area (Å²) in [4.78, 5) is 24.5. The van der Waals surface area contributed by atoms with E-state index in [4.69, 9.17) is 5.73 Å². The number of carbonyl (C=O) groups is 2. The van der Waals surface area contributed by atoms with E-state index in [-0.39, 0.29) is 18.9 Å². The van der Waals surface area contributed by atoms with Gasteiger partial charge in [-0.15, -0.1) is 0 Å². The van der Waals surface area contributed by atoms with Crippen molar-refractivity contribution >= 4 is 11.8 Å². The van der Waals surface area contributed by atoms with Gasteiger partial charge in [-0.05, 0) is 11.6 Å². The SMILES string of the molecule is NC(=O)C[C@@H]1C(=O)NCCN1Cc1cccc(C(F)(F)F)c1. The van der Waals surface area contributed by atoms with Gasteiger partial charge in [0, 0.05) is 19.6 Å². The quantitative estimate of drug-likeness (QED) is 0.866. The summed E-state index contributed by atoms with van der Waals surface area (Å²) >= 11 is 0. The highest BCUT2D eigenvalue weighted by atomic mass is 19.4. The lowest BCUT2D eigenvalue weighted by Gasteiger charge is -2.34. The number of nitrogens with one attached hydrogen (secondary N) is 1. The van der Waals surface area contributed by atoms with Crippen molar-refractivity contribution in [3.8, 4) is 0 Å². The van der Waals surface area contributed by atoms with Crippen LogP contribution in [0.4, 0.5) is 13.2 Å². The molecule has 1 aliphatic rings. The Morgan fingerprint density at radius 1 is 1.41 bits per heavy atom. The van der Waals surface area contributed by atoms with Crippen LogP contribution in [0.15, 0.2) is 24.3 Å². The lowest BCUT2D eigenvalue weighted by molar-refractivity contribution is -0.137. The first-order valence-corrected chi connectivity index (χ1v) is 6.73. The Hall–Kier alpha value is -2.09. The van der Waals surface area contributed by atoms with E-state index < -0.39 is 23.7 Å². The van der Waals surface area contributed by atoms with Crippen LogP contribution in [-0.2, 0) is 22.3 Å². The molecule has 5 nitrogen and oxygen atoms in total.